The van der Waals surface area contributed by atoms with Gasteiger partial charge in [-0.15, -0.1) is 0 Å². The van der Waals surface area contributed by atoms with Gasteiger partial charge in [-0.1, -0.05) is 30.3 Å². The highest BCUT2D eigenvalue weighted by Crippen LogP contribution is 2.26. The quantitative estimate of drug-likeness (QED) is 0.697. The molecule has 1 atom stereocenters. The summed E-state index contributed by atoms with van der Waals surface area (Å²) in [5.41, 5.74) is 2.19. The first-order chi connectivity index (χ1) is 13.5. The Kier molecular flexibility index (Phi) is 5.13. The Hall–Kier alpha value is -2.73. The smallest absolute Gasteiger partial charge is 0.302 e. The van der Waals surface area contributed by atoms with Crippen LogP contribution in [0.2, 0.25) is 0 Å². The molecule has 3 aromatic rings. The molecule has 3 heterocycles. The van der Waals surface area contributed by atoms with Crippen molar-refractivity contribution in [1.82, 2.24) is 19.0 Å². The third-order valence-corrected chi connectivity index (χ3v) is 5.81. The number of aromatic nitrogens is 3. The lowest BCUT2D eigenvalue weighted by Gasteiger charge is -2.32. The summed E-state index contributed by atoms with van der Waals surface area (Å²) in [4.78, 5) is 31.8. The number of likely N-dealkylation sites (tertiary alicyclic amines) is 1. The fraction of sp³-hybridized carbons (Fsp3) is 0.409. The van der Waals surface area contributed by atoms with Gasteiger partial charge in [-0.25, -0.2) is 9.78 Å². The highest BCUT2D eigenvalue weighted by molar-refractivity contribution is 5.74. The van der Waals surface area contributed by atoms with Crippen molar-refractivity contribution in [1.29, 1.82) is 0 Å². The number of piperidine rings is 1. The molecule has 0 unspecified atom stereocenters. The lowest BCUT2D eigenvalue weighted by atomic mass is 9.93. The predicted octanol–water partition coefficient (Wildman–Crippen LogP) is 2.05. The number of aryl methyl sites for hydroxylation is 1. The topological polar surface area (TPSA) is 60.1 Å². The second-order valence-electron chi connectivity index (χ2n) is 7.69. The van der Waals surface area contributed by atoms with E-state index in [9.17, 15) is 9.59 Å². The Labute approximate surface area is 164 Å². The van der Waals surface area contributed by atoms with Gasteiger partial charge in [0, 0.05) is 38.8 Å². The first kappa shape index (κ1) is 18.6. The maximum Gasteiger partial charge on any atom is 0.332 e. The van der Waals surface area contributed by atoms with Crippen LogP contribution in [0.3, 0.4) is 0 Å². The summed E-state index contributed by atoms with van der Waals surface area (Å²) in [5, 5.41) is 0.491. The second-order valence-corrected chi connectivity index (χ2v) is 7.69. The largest absolute Gasteiger partial charge is 0.332 e. The van der Waals surface area contributed by atoms with Gasteiger partial charge in [-0.2, -0.15) is 0 Å². The molecule has 0 saturated carbocycles. The van der Waals surface area contributed by atoms with E-state index in [2.05, 4.69) is 29.2 Å². The van der Waals surface area contributed by atoms with Crippen molar-refractivity contribution in [2.24, 2.45) is 14.1 Å². The molecule has 1 aromatic carbocycles. The maximum atomic E-state index is 12.4. The lowest BCUT2D eigenvalue weighted by Crippen LogP contribution is -2.38. The van der Waals surface area contributed by atoms with Crippen molar-refractivity contribution in [2.75, 3.05) is 19.6 Å². The Balaban J connectivity index is 1.56. The number of fused-ring (bicyclic) bond motifs is 1. The van der Waals surface area contributed by atoms with Crippen LogP contribution in [0.25, 0.3) is 11.0 Å². The summed E-state index contributed by atoms with van der Waals surface area (Å²) in [5.74, 6) is 0.327. The van der Waals surface area contributed by atoms with E-state index in [0.717, 1.165) is 49.2 Å². The number of pyridine rings is 1. The summed E-state index contributed by atoms with van der Waals surface area (Å²) in [7, 11) is 3.18. The van der Waals surface area contributed by atoms with Crippen LogP contribution in [0.4, 0.5) is 0 Å². The van der Waals surface area contributed by atoms with Crippen molar-refractivity contribution in [3.8, 4) is 0 Å². The maximum absolute atomic E-state index is 12.4. The molecule has 0 spiro atoms. The molecule has 1 aliphatic heterocycles. The molecule has 6 nitrogen and oxygen atoms in total. The lowest BCUT2D eigenvalue weighted by molar-refractivity contribution is 0.208. The van der Waals surface area contributed by atoms with Crippen molar-refractivity contribution in [2.45, 2.75) is 25.2 Å². The summed E-state index contributed by atoms with van der Waals surface area (Å²) in [6.45, 7) is 3.10. The molecular weight excluding hydrogens is 352 g/mol. The molecule has 1 fully saturated rings. The molecule has 28 heavy (non-hydrogen) atoms. The molecule has 1 aliphatic rings. The van der Waals surface area contributed by atoms with Crippen LogP contribution in [-0.4, -0.2) is 38.7 Å². The zero-order valence-electron chi connectivity index (χ0n) is 16.5. The van der Waals surface area contributed by atoms with Crippen LogP contribution >= 0.6 is 0 Å². The summed E-state index contributed by atoms with van der Waals surface area (Å²) >= 11 is 0. The molecule has 0 aliphatic carbocycles. The van der Waals surface area contributed by atoms with Gasteiger partial charge < -0.3 is 4.90 Å². The van der Waals surface area contributed by atoms with Gasteiger partial charge in [0.05, 0.1) is 5.39 Å². The Morgan fingerprint density at radius 3 is 2.61 bits per heavy atom. The van der Waals surface area contributed by atoms with Crippen LogP contribution in [0.5, 0.6) is 0 Å². The van der Waals surface area contributed by atoms with Crippen LogP contribution in [-0.2, 0) is 20.5 Å². The van der Waals surface area contributed by atoms with Gasteiger partial charge >= 0.3 is 5.69 Å². The van der Waals surface area contributed by atoms with Gasteiger partial charge in [0.1, 0.15) is 5.65 Å². The monoisotopic (exact) mass is 378 g/mol. The standard InChI is InChI=1S/C22H26N4O2/c1-24-20-18(21(27)25(2)22(24)28)10-11-19(23-20)17-9-6-13-26(15-17)14-12-16-7-4-3-5-8-16/h3-5,7-8,10-11,17H,6,9,12-15H2,1-2H3/t17-/m1/s1. The second kappa shape index (κ2) is 7.72. The van der Waals surface area contributed by atoms with Gasteiger partial charge in [0.15, 0.2) is 0 Å². The van der Waals surface area contributed by atoms with Crippen LogP contribution < -0.4 is 11.2 Å². The van der Waals surface area contributed by atoms with Gasteiger partial charge in [0.25, 0.3) is 5.56 Å². The minimum atomic E-state index is -0.338. The van der Waals surface area contributed by atoms with Crippen molar-refractivity contribution in [3.05, 3.63) is 74.6 Å². The Morgan fingerprint density at radius 2 is 1.82 bits per heavy atom. The van der Waals surface area contributed by atoms with Crippen molar-refractivity contribution < 1.29 is 0 Å². The summed E-state index contributed by atoms with van der Waals surface area (Å²) in [6.07, 6.45) is 3.26. The van der Waals surface area contributed by atoms with Gasteiger partial charge in [-0.3, -0.25) is 13.9 Å². The van der Waals surface area contributed by atoms with Crippen molar-refractivity contribution in [3.63, 3.8) is 0 Å². The number of hydrogen-bond donors (Lipinski definition) is 0. The predicted molar refractivity (Wildman–Crippen MR) is 111 cm³/mol. The average Bonchev–Trinajstić information content (AvgIpc) is 2.75. The number of nitrogens with zero attached hydrogens (tertiary/aromatic N) is 4. The first-order valence-electron chi connectivity index (χ1n) is 9.87. The van der Waals surface area contributed by atoms with E-state index in [0.29, 0.717) is 17.0 Å². The van der Waals surface area contributed by atoms with E-state index < -0.39 is 0 Å². The fourth-order valence-electron chi connectivity index (χ4n) is 4.13. The highest BCUT2D eigenvalue weighted by Gasteiger charge is 2.23. The molecule has 6 heteroatoms. The molecule has 1 saturated heterocycles. The highest BCUT2D eigenvalue weighted by atomic mass is 16.2. The molecule has 146 valence electrons. The average molecular weight is 378 g/mol. The summed E-state index contributed by atoms with van der Waals surface area (Å²) < 4.78 is 2.60. The third-order valence-electron chi connectivity index (χ3n) is 5.81. The van der Waals surface area contributed by atoms with E-state index in [-0.39, 0.29) is 11.2 Å². The summed E-state index contributed by atoms with van der Waals surface area (Å²) in [6, 6.07) is 14.3. The van der Waals surface area contributed by atoms with Crippen LogP contribution in [0, 0.1) is 0 Å². The molecule has 4 rings (SSSR count). The Morgan fingerprint density at radius 1 is 1.04 bits per heavy atom. The third kappa shape index (κ3) is 3.52. The molecular formula is C22H26N4O2. The molecule has 0 radical (unpaired) electrons. The van der Waals surface area contributed by atoms with Crippen LogP contribution in [0.15, 0.2) is 52.1 Å². The van der Waals surface area contributed by atoms with Gasteiger partial charge in [0.2, 0.25) is 0 Å². The minimum Gasteiger partial charge on any atom is -0.302 e. The number of benzene rings is 1. The normalized spacial score (nSPS) is 17.9. The van der Waals surface area contributed by atoms with E-state index in [1.807, 2.05) is 18.2 Å². The number of hydrogen-bond acceptors (Lipinski definition) is 4. The zero-order valence-corrected chi connectivity index (χ0v) is 16.5. The van der Waals surface area contributed by atoms with E-state index >= 15 is 0 Å². The molecule has 2 aromatic heterocycles. The number of rotatable bonds is 4. The molecule has 0 bridgehead atoms. The molecule has 0 amide bonds. The molecule has 0 N–H and O–H groups in total. The van der Waals surface area contributed by atoms with E-state index in [1.54, 1.807) is 7.05 Å². The Bertz CT molecular complexity index is 1100. The first-order valence-corrected chi connectivity index (χ1v) is 9.87. The minimum absolute atomic E-state index is 0.287. The van der Waals surface area contributed by atoms with E-state index in [4.69, 9.17) is 4.98 Å². The van der Waals surface area contributed by atoms with Crippen LogP contribution in [0.1, 0.15) is 30.0 Å². The fourth-order valence-corrected chi connectivity index (χ4v) is 4.13. The SMILES string of the molecule is Cn1c(=O)c2ccc([C@@H]3CCCN(CCc4ccccc4)C3)nc2n(C)c1=O. The van der Waals surface area contributed by atoms with Gasteiger partial charge in [-0.05, 0) is 43.5 Å². The zero-order chi connectivity index (χ0) is 19.7. The van der Waals surface area contributed by atoms with Crippen molar-refractivity contribution >= 4 is 11.0 Å². The van der Waals surface area contributed by atoms with E-state index in [1.165, 1.54) is 17.2 Å².